The van der Waals surface area contributed by atoms with Crippen LogP contribution in [0.3, 0.4) is 0 Å². The van der Waals surface area contributed by atoms with E-state index in [9.17, 15) is 0 Å². The molecule has 1 aliphatic carbocycles. The van der Waals surface area contributed by atoms with E-state index >= 15 is 0 Å². The van der Waals surface area contributed by atoms with Crippen LogP contribution in [0.5, 0.6) is 0 Å². The Labute approximate surface area is 117 Å². The molecule has 0 radical (unpaired) electrons. The van der Waals surface area contributed by atoms with Crippen molar-refractivity contribution >= 4 is 11.8 Å². The number of nitrogens with zero attached hydrogens (tertiary/aromatic N) is 1. The summed E-state index contributed by atoms with van der Waals surface area (Å²) in [5.41, 5.74) is 6.13. The number of nitrogens with two attached hydrogens (primary N) is 1. The highest BCUT2D eigenvalue weighted by atomic mass is 32.2. The van der Waals surface area contributed by atoms with Crippen LogP contribution in [0, 0.1) is 11.8 Å². The van der Waals surface area contributed by atoms with Crippen molar-refractivity contribution in [2.24, 2.45) is 17.6 Å². The maximum absolute atomic E-state index is 6.13. The van der Waals surface area contributed by atoms with Crippen molar-refractivity contribution in [2.75, 3.05) is 18.8 Å². The summed E-state index contributed by atoms with van der Waals surface area (Å²) in [4.78, 5) is 2.72. The highest BCUT2D eigenvalue weighted by Crippen LogP contribution is 2.35. The van der Waals surface area contributed by atoms with E-state index in [1.54, 1.807) is 0 Å². The molecule has 1 aliphatic heterocycles. The Morgan fingerprint density at radius 3 is 2.44 bits per heavy atom. The molecule has 2 aliphatic rings. The van der Waals surface area contributed by atoms with Crippen LogP contribution in [0.2, 0.25) is 0 Å². The van der Waals surface area contributed by atoms with Crippen molar-refractivity contribution in [3.63, 3.8) is 0 Å². The molecule has 106 valence electrons. The van der Waals surface area contributed by atoms with Crippen LogP contribution in [-0.4, -0.2) is 41.1 Å². The average Bonchev–Trinajstić information content (AvgIpc) is 2.37. The second kappa shape index (κ2) is 6.62. The smallest absolute Gasteiger partial charge is 0.0250 e. The van der Waals surface area contributed by atoms with Crippen molar-refractivity contribution in [3.8, 4) is 0 Å². The molecule has 1 saturated carbocycles. The van der Waals surface area contributed by atoms with Crippen LogP contribution in [0.4, 0.5) is 0 Å². The van der Waals surface area contributed by atoms with Gasteiger partial charge < -0.3 is 5.73 Å². The number of hydrogen-bond donors (Lipinski definition) is 1. The fraction of sp³-hybridized carbons (Fsp3) is 1.00. The van der Waals surface area contributed by atoms with Gasteiger partial charge in [0.2, 0.25) is 0 Å². The third-order valence-electron chi connectivity index (χ3n) is 5.20. The van der Waals surface area contributed by atoms with Crippen LogP contribution in [0.25, 0.3) is 0 Å². The van der Waals surface area contributed by atoms with Gasteiger partial charge in [0.1, 0.15) is 0 Å². The Kier molecular flexibility index (Phi) is 5.40. The molecule has 2 rings (SSSR count). The zero-order valence-corrected chi connectivity index (χ0v) is 13.1. The molecule has 1 heterocycles. The zero-order chi connectivity index (χ0) is 13.1. The monoisotopic (exact) mass is 270 g/mol. The number of rotatable bonds is 3. The second-order valence-electron chi connectivity index (χ2n) is 6.38. The molecule has 3 heteroatoms. The van der Waals surface area contributed by atoms with Crippen LogP contribution >= 0.6 is 11.8 Å². The first-order chi connectivity index (χ1) is 8.63. The first-order valence-electron chi connectivity index (χ1n) is 7.71. The second-order valence-corrected chi connectivity index (χ2v) is 7.86. The molecule has 0 aromatic rings. The van der Waals surface area contributed by atoms with Gasteiger partial charge in [-0.2, -0.15) is 11.8 Å². The van der Waals surface area contributed by atoms with E-state index in [1.165, 1.54) is 38.0 Å². The van der Waals surface area contributed by atoms with Gasteiger partial charge in [0.05, 0.1) is 0 Å². The van der Waals surface area contributed by atoms with Gasteiger partial charge in [0, 0.05) is 36.2 Å². The van der Waals surface area contributed by atoms with Gasteiger partial charge in [-0.15, -0.1) is 0 Å². The van der Waals surface area contributed by atoms with Gasteiger partial charge in [0.15, 0.2) is 0 Å². The van der Waals surface area contributed by atoms with Crippen LogP contribution in [-0.2, 0) is 0 Å². The van der Waals surface area contributed by atoms with Crippen molar-refractivity contribution in [2.45, 2.75) is 63.8 Å². The number of hydrogen-bond acceptors (Lipinski definition) is 3. The van der Waals surface area contributed by atoms with Gasteiger partial charge >= 0.3 is 0 Å². The zero-order valence-electron chi connectivity index (χ0n) is 12.3. The van der Waals surface area contributed by atoms with Crippen molar-refractivity contribution in [1.82, 2.24) is 4.90 Å². The summed E-state index contributed by atoms with van der Waals surface area (Å²) in [6.07, 6.45) is 5.61. The quantitative estimate of drug-likeness (QED) is 0.855. The van der Waals surface area contributed by atoms with E-state index in [0.717, 1.165) is 23.6 Å². The molecule has 3 atom stereocenters. The summed E-state index contributed by atoms with van der Waals surface area (Å²) < 4.78 is 0. The lowest BCUT2D eigenvalue weighted by molar-refractivity contribution is 0.0813. The normalized spacial score (nSPS) is 40.7. The predicted octanol–water partition coefficient (Wildman–Crippen LogP) is 2.97. The molecule has 0 aromatic carbocycles. The average molecular weight is 270 g/mol. The Bertz CT molecular complexity index is 251. The van der Waals surface area contributed by atoms with E-state index in [1.807, 2.05) is 0 Å². The summed E-state index contributed by atoms with van der Waals surface area (Å²) in [6, 6.07) is 1.33. The Balaban J connectivity index is 1.98. The van der Waals surface area contributed by atoms with Gasteiger partial charge in [0.25, 0.3) is 0 Å². The van der Waals surface area contributed by atoms with Crippen LogP contribution in [0.1, 0.15) is 46.5 Å². The van der Waals surface area contributed by atoms with Gasteiger partial charge in [-0.05, 0) is 31.6 Å². The molecule has 3 unspecified atom stereocenters. The molecular weight excluding hydrogens is 240 g/mol. The molecular formula is C15H30N2S. The lowest BCUT2D eigenvalue weighted by Gasteiger charge is -2.46. The minimum absolute atomic E-state index is 0.635. The summed E-state index contributed by atoms with van der Waals surface area (Å²) >= 11 is 2.12. The topological polar surface area (TPSA) is 29.3 Å². The largest absolute Gasteiger partial charge is 0.329 e. The maximum atomic E-state index is 6.13. The summed E-state index contributed by atoms with van der Waals surface area (Å²) in [7, 11) is 0. The van der Waals surface area contributed by atoms with E-state index < -0.39 is 0 Å². The van der Waals surface area contributed by atoms with Gasteiger partial charge in [-0.3, -0.25) is 4.90 Å². The third-order valence-corrected chi connectivity index (χ3v) is 6.54. The fourth-order valence-electron chi connectivity index (χ4n) is 3.69. The standard InChI is InChI=1S/C15H30N2S/c1-11-4-6-14(7-5-11)15(10-16)17-8-9-18-13(3)12(17)2/h11-15H,4-10,16H2,1-3H3. The van der Waals surface area contributed by atoms with Crippen LogP contribution < -0.4 is 5.73 Å². The summed E-state index contributed by atoms with van der Waals surface area (Å²) in [5.74, 6) is 3.07. The third kappa shape index (κ3) is 3.23. The summed E-state index contributed by atoms with van der Waals surface area (Å²) in [5, 5.41) is 0.760. The Hall–Kier alpha value is 0.270. The van der Waals surface area contributed by atoms with Crippen LogP contribution in [0.15, 0.2) is 0 Å². The van der Waals surface area contributed by atoms with E-state index in [2.05, 4.69) is 37.4 Å². The molecule has 0 amide bonds. The molecule has 0 aromatic heterocycles. The molecule has 0 spiro atoms. The fourth-order valence-corrected chi connectivity index (χ4v) is 4.82. The van der Waals surface area contributed by atoms with Crippen molar-refractivity contribution < 1.29 is 0 Å². The molecule has 2 fully saturated rings. The highest BCUT2D eigenvalue weighted by Gasteiger charge is 2.35. The first-order valence-corrected chi connectivity index (χ1v) is 8.75. The predicted molar refractivity (Wildman–Crippen MR) is 82.1 cm³/mol. The molecule has 0 bridgehead atoms. The molecule has 2 N–H and O–H groups in total. The van der Waals surface area contributed by atoms with E-state index in [4.69, 9.17) is 5.73 Å². The molecule has 18 heavy (non-hydrogen) atoms. The van der Waals surface area contributed by atoms with Crippen molar-refractivity contribution in [1.29, 1.82) is 0 Å². The molecule has 2 nitrogen and oxygen atoms in total. The lowest BCUT2D eigenvalue weighted by Crippen LogP contribution is -2.55. The minimum Gasteiger partial charge on any atom is -0.329 e. The SMILES string of the molecule is CC1CCC(C(CN)N2CCSC(C)C2C)CC1. The van der Waals surface area contributed by atoms with Crippen molar-refractivity contribution in [3.05, 3.63) is 0 Å². The van der Waals surface area contributed by atoms with Gasteiger partial charge in [-0.1, -0.05) is 26.7 Å². The van der Waals surface area contributed by atoms with E-state index in [0.29, 0.717) is 12.1 Å². The first kappa shape index (κ1) is 14.7. The molecule has 1 saturated heterocycles. The van der Waals surface area contributed by atoms with Gasteiger partial charge in [-0.25, -0.2) is 0 Å². The lowest BCUT2D eigenvalue weighted by atomic mass is 9.78. The minimum atomic E-state index is 0.635. The Morgan fingerprint density at radius 2 is 1.83 bits per heavy atom. The maximum Gasteiger partial charge on any atom is 0.0250 e. The Morgan fingerprint density at radius 1 is 1.17 bits per heavy atom. The number of thioether (sulfide) groups is 1. The van der Waals surface area contributed by atoms with E-state index in [-0.39, 0.29) is 0 Å². The summed E-state index contributed by atoms with van der Waals surface area (Å²) in [6.45, 7) is 9.25. The highest BCUT2D eigenvalue weighted by molar-refractivity contribution is 8.00.